The van der Waals surface area contributed by atoms with Gasteiger partial charge in [0.15, 0.2) is 9.84 Å². The number of hydrogen-bond acceptors (Lipinski definition) is 4. The van der Waals surface area contributed by atoms with Gasteiger partial charge in [0.2, 0.25) is 5.91 Å². The first-order chi connectivity index (χ1) is 12.7. The van der Waals surface area contributed by atoms with Crippen molar-refractivity contribution in [3.8, 4) is 5.75 Å². The molecule has 0 saturated carbocycles. The van der Waals surface area contributed by atoms with Gasteiger partial charge in [-0.25, -0.2) is 8.42 Å². The summed E-state index contributed by atoms with van der Waals surface area (Å²) >= 11 is 0. The average Bonchev–Trinajstić information content (AvgIpc) is 2.65. The molecule has 6 heteroatoms. The quantitative estimate of drug-likeness (QED) is 0.679. The van der Waals surface area contributed by atoms with Crippen molar-refractivity contribution in [2.24, 2.45) is 0 Å². The van der Waals surface area contributed by atoms with Crippen LogP contribution in [0.2, 0.25) is 0 Å². The Hall–Kier alpha value is -2.60. The molecule has 0 N–H and O–H groups in total. The number of ether oxygens (including phenoxy) is 1. The summed E-state index contributed by atoms with van der Waals surface area (Å²) in [5, 5.41) is 0. The Kier molecular flexibility index (Phi) is 6.80. The number of carbonyl (C=O) groups is 1. The maximum absolute atomic E-state index is 12.4. The molecule has 0 radical (unpaired) electrons. The van der Waals surface area contributed by atoms with Crippen LogP contribution in [0.25, 0.3) is 6.08 Å². The Bertz CT molecular complexity index is 900. The lowest BCUT2D eigenvalue weighted by Crippen LogP contribution is -2.28. The lowest BCUT2D eigenvalue weighted by atomic mass is 10.1. The van der Waals surface area contributed by atoms with Gasteiger partial charge in [-0.1, -0.05) is 24.3 Å². The fourth-order valence-corrected chi connectivity index (χ4v) is 3.17. The van der Waals surface area contributed by atoms with E-state index in [9.17, 15) is 13.2 Å². The largest absolute Gasteiger partial charge is 0.494 e. The second-order valence-corrected chi connectivity index (χ2v) is 8.32. The van der Waals surface area contributed by atoms with Crippen molar-refractivity contribution < 1.29 is 17.9 Å². The molecule has 2 aromatic carbocycles. The van der Waals surface area contributed by atoms with E-state index in [0.29, 0.717) is 6.61 Å². The predicted molar refractivity (Wildman–Crippen MR) is 107 cm³/mol. The van der Waals surface area contributed by atoms with Gasteiger partial charge in [-0.2, -0.15) is 0 Å². The molecule has 0 bridgehead atoms. The van der Waals surface area contributed by atoms with Crippen LogP contribution >= 0.6 is 0 Å². The minimum Gasteiger partial charge on any atom is -0.494 e. The molecule has 144 valence electrons. The molecule has 0 heterocycles. The minimum atomic E-state index is -3.23. The van der Waals surface area contributed by atoms with Gasteiger partial charge < -0.3 is 9.64 Å². The number of sulfone groups is 1. The third kappa shape index (κ3) is 5.69. The zero-order valence-electron chi connectivity index (χ0n) is 16.0. The lowest BCUT2D eigenvalue weighted by molar-refractivity contribution is -0.126. The first-order valence-electron chi connectivity index (χ1n) is 8.70. The summed E-state index contributed by atoms with van der Waals surface area (Å²) in [7, 11) is -1.51. The maximum atomic E-state index is 12.4. The van der Waals surface area contributed by atoms with E-state index in [1.54, 1.807) is 42.3 Å². The summed E-state index contributed by atoms with van der Waals surface area (Å²) in [6.45, 7) is 4.44. The van der Waals surface area contributed by atoms with Crippen LogP contribution in [0.15, 0.2) is 59.5 Å². The monoisotopic (exact) mass is 387 g/mol. The van der Waals surface area contributed by atoms with Gasteiger partial charge >= 0.3 is 0 Å². The molecule has 0 fully saturated rings. The number of benzene rings is 2. The van der Waals surface area contributed by atoms with E-state index < -0.39 is 9.84 Å². The maximum Gasteiger partial charge on any atom is 0.246 e. The first kappa shape index (κ1) is 20.7. The number of amides is 1. The van der Waals surface area contributed by atoms with Crippen molar-refractivity contribution in [3.05, 3.63) is 65.7 Å². The van der Waals surface area contributed by atoms with Crippen molar-refractivity contribution in [1.29, 1.82) is 0 Å². The van der Waals surface area contributed by atoms with Gasteiger partial charge in [-0.15, -0.1) is 0 Å². The Balaban J connectivity index is 2.05. The molecule has 1 atom stereocenters. The molecule has 0 spiro atoms. The van der Waals surface area contributed by atoms with Crippen LogP contribution in [0.5, 0.6) is 5.75 Å². The molecule has 0 aliphatic carbocycles. The summed E-state index contributed by atoms with van der Waals surface area (Å²) in [5.41, 5.74) is 1.78. The zero-order chi connectivity index (χ0) is 20.0. The molecule has 0 aromatic heterocycles. The van der Waals surface area contributed by atoms with E-state index in [2.05, 4.69) is 0 Å². The number of hydrogen-bond donors (Lipinski definition) is 0. The lowest BCUT2D eigenvalue weighted by Gasteiger charge is -2.24. The molecule has 2 rings (SSSR count). The van der Waals surface area contributed by atoms with Gasteiger partial charge in [0.25, 0.3) is 0 Å². The Morgan fingerprint density at radius 2 is 1.70 bits per heavy atom. The van der Waals surface area contributed by atoms with Gasteiger partial charge in [0.05, 0.1) is 17.5 Å². The van der Waals surface area contributed by atoms with Crippen LogP contribution < -0.4 is 4.74 Å². The van der Waals surface area contributed by atoms with E-state index in [1.165, 1.54) is 12.3 Å². The molecule has 5 nitrogen and oxygen atoms in total. The molecule has 1 unspecified atom stereocenters. The summed E-state index contributed by atoms with van der Waals surface area (Å²) in [4.78, 5) is 14.3. The SMILES string of the molecule is CCOc1ccc(/C=C/C(=O)N(C)C(C)c2ccc(S(C)(=O)=O)cc2)cc1. The summed E-state index contributed by atoms with van der Waals surface area (Å²) in [5.74, 6) is 0.660. The van der Waals surface area contributed by atoms with Gasteiger partial charge in [0.1, 0.15) is 5.75 Å². The molecule has 0 saturated heterocycles. The molecule has 0 aliphatic rings. The molecule has 2 aromatic rings. The van der Waals surface area contributed by atoms with E-state index >= 15 is 0 Å². The molecule has 1 amide bonds. The standard InChI is InChI=1S/C21H25NO4S/c1-5-26-19-11-6-17(7-12-19)8-15-21(23)22(3)16(2)18-9-13-20(14-10-18)27(4,24)25/h6-16H,5H2,1-4H3/b15-8+. The zero-order valence-corrected chi connectivity index (χ0v) is 16.9. The van der Waals surface area contributed by atoms with Crippen molar-refractivity contribution in [3.63, 3.8) is 0 Å². The molecule has 27 heavy (non-hydrogen) atoms. The highest BCUT2D eigenvalue weighted by Gasteiger charge is 2.16. The summed E-state index contributed by atoms with van der Waals surface area (Å²) in [6, 6.07) is 13.9. The molecular formula is C21H25NO4S. The number of nitrogens with zero attached hydrogens (tertiary/aromatic N) is 1. The van der Waals surface area contributed by atoms with Gasteiger partial charge in [-0.05, 0) is 55.3 Å². The van der Waals surface area contributed by atoms with E-state index in [0.717, 1.165) is 16.9 Å². The van der Waals surface area contributed by atoms with Crippen molar-refractivity contribution in [2.75, 3.05) is 19.9 Å². The van der Waals surface area contributed by atoms with Crippen LogP contribution in [0.4, 0.5) is 0 Å². The number of likely N-dealkylation sites (N-methyl/N-ethyl adjacent to an activating group) is 1. The fraction of sp³-hybridized carbons (Fsp3) is 0.286. The normalized spacial score (nSPS) is 12.7. The van der Waals surface area contributed by atoms with Crippen LogP contribution in [-0.4, -0.2) is 39.1 Å². The van der Waals surface area contributed by atoms with Crippen molar-refractivity contribution in [1.82, 2.24) is 4.90 Å². The second kappa shape index (κ2) is 8.86. The highest BCUT2D eigenvalue weighted by atomic mass is 32.2. The molecule has 0 aliphatic heterocycles. The van der Waals surface area contributed by atoms with Gasteiger partial charge in [-0.3, -0.25) is 4.79 Å². The van der Waals surface area contributed by atoms with Crippen LogP contribution in [0.3, 0.4) is 0 Å². The number of carbonyl (C=O) groups excluding carboxylic acids is 1. The van der Waals surface area contributed by atoms with E-state index in [1.807, 2.05) is 38.1 Å². The van der Waals surface area contributed by atoms with E-state index in [4.69, 9.17) is 4.74 Å². The van der Waals surface area contributed by atoms with Crippen LogP contribution in [0, 0.1) is 0 Å². The third-order valence-electron chi connectivity index (χ3n) is 4.33. The highest BCUT2D eigenvalue weighted by Crippen LogP contribution is 2.21. The van der Waals surface area contributed by atoms with Crippen LogP contribution in [-0.2, 0) is 14.6 Å². The van der Waals surface area contributed by atoms with Crippen LogP contribution in [0.1, 0.15) is 31.0 Å². The average molecular weight is 388 g/mol. The topological polar surface area (TPSA) is 63.7 Å². The summed E-state index contributed by atoms with van der Waals surface area (Å²) in [6.07, 6.45) is 4.46. The second-order valence-electron chi connectivity index (χ2n) is 6.30. The third-order valence-corrected chi connectivity index (χ3v) is 5.46. The molecular weight excluding hydrogens is 362 g/mol. The highest BCUT2D eigenvalue weighted by molar-refractivity contribution is 7.90. The Morgan fingerprint density at radius 1 is 1.11 bits per heavy atom. The predicted octanol–water partition coefficient (Wildman–Crippen LogP) is 3.72. The minimum absolute atomic E-state index is 0.136. The Morgan fingerprint density at radius 3 is 2.22 bits per heavy atom. The summed E-state index contributed by atoms with van der Waals surface area (Å²) < 4.78 is 28.5. The van der Waals surface area contributed by atoms with E-state index in [-0.39, 0.29) is 16.8 Å². The van der Waals surface area contributed by atoms with Crippen molar-refractivity contribution in [2.45, 2.75) is 24.8 Å². The Labute approximate surface area is 161 Å². The first-order valence-corrected chi connectivity index (χ1v) is 10.6. The fourth-order valence-electron chi connectivity index (χ4n) is 2.53. The van der Waals surface area contributed by atoms with Crippen molar-refractivity contribution >= 4 is 21.8 Å². The van der Waals surface area contributed by atoms with Gasteiger partial charge in [0, 0.05) is 19.4 Å². The smallest absolute Gasteiger partial charge is 0.246 e. The number of rotatable bonds is 7.